The largest absolute Gasteiger partial charge is 0.422 e. The van der Waals surface area contributed by atoms with Gasteiger partial charge in [0.1, 0.15) is 5.75 Å². The molecule has 5 rings (SSSR count). The number of piperidine rings is 1. The number of benzene rings is 2. The summed E-state index contributed by atoms with van der Waals surface area (Å²) in [5, 5.41) is 19.7. The number of ether oxygens (including phenoxy) is 1. The summed E-state index contributed by atoms with van der Waals surface area (Å²) < 4.78 is 12.4. The Morgan fingerprint density at radius 1 is 1.23 bits per heavy atom. The van der Waals surface area contributed by atoms with Gasteiger partial charge in [-0.15, -0.1) is 5.10 Å². The summed E-state index contributed by atoms with van der Waals surface area (Å²) in [5.41, 5.74) is 9.79. The van der Waals surface area contributed by atoms with Crippen LogP contribution in [0.3, 0.4) is 0 Å². The first-order valence-corrected chi connectivity index (χ1v) is 13.4. The summed E-state index contributed by atoms with van der Waals surface area (Å²) in [6.07, 6.45) is 4.63. The number of rotatable bonds is 8. The Hall–Kier alpha value is -4.43. The fourth-order valence-corrected chi connectivity index (χ4v) is 4.75. The lowest BCUT2D eigenvalue weighted by Crippen LogP contribution is -2.38. The Labute approximate surface area is 237 Å². The molecule has 1 fully saturated rings. The van der Waals surface area contributed by atoms with Crippen molar-refractivity contribution in [1.82, 2.24) is 35.6 Å². The number of hydrogen-bond donors (Lipinski definition) is 2. The number of carbonyl (C=O) groups is 2. The number of halogens is 1. The standard InChI is InChI=1S/C26H26BrN9O4/c1-16-7-5-6-12-35(16)15-20-22(30-34-36(20)24-23(28)32-40-33-24)25(37)31-29-14-18-13-19(27)10-11-21(18)39-26(38)17-8-3-2-4-9-17/h2-4,8-11,13-14,16H,5-7,12,15H2,1H3,(H2,28,32)(H,31,37)/b29-14-. The van der Waals surface area contributed by atoms with Gasteiger partial charge in [-0.25, -0.2) is 14.8 Å². The van der Waals surface area contributed by atoms with Crippen LogP contribution >= 0.6 is 15.9 Å². The summed E-state index contributed by atoms with van der Waals surface area (Å²) in [6.45, 7) is 3.40. The van der Waals surface area contributed by atoms with E-state index in [1.54, 1.807) is 42.5 Å². The molecule has 1 atom stereocenters. The Balaban J connectivity index is 1.36. The minimum absolute atomic E-state index is 0.0232. The Bertz CT molecular complexity index is 1540. The first-order valence-electron chi connectivity index (χ1n) is 12.6. The molecule has 0 bridgehead atoms. The Morgan fingerprint density at radius 2 is 2.05 bits per heavy atom. The van der Waals surface area contributed by atoms with E-state index in [9.17, 15) is 9.59 Å². The topological polar surface area (TPSA) is 167 Å². The van der Waals surface area contributed by atoms with Crippen molar-refractivity contribution in [3.8, 4) is 11.6 Å². The highest BCUT2D eigenvalue weighted by Crippen LogP contribution is 2.24. The Morgan fingerprint density at radius 3 is 2.80 bits per heavy atom. The molecule has 3 heterocycles. The maximum Gasteiger partial charge on any atom is 0.343 e. The number of amides is 1. The van der Waals surface area contributed by atoms with Crippen LogP contribution in [-0.2, 0) is 6.54 Å². The van der Waals surface area contributed by atoms with Crippen LogP contribution < -0.4 is 15.9 Å². The summed E-state index contributed by atoms with van der Waals surface area (Å²) in [5.74, 6) is -0.662. The van der Waals surface area contributed by atoms with Crippen molar-refractivity contribution in [3.05, 3.63) is 75.5 Å². The van der Waals surface area contributed by atoms with E-state index in [4.69, 9.17) is 15.1 Å². The molecule has 0 saturated carbocycles. The van der Waals surface area contributed by atoms with E-state index in [-0.39, 0.29) is 23.1 Å². The number of hydrogen-bond acceptors (Lipinski definition) is 11. The van der Waals surface area contributed by atoms with E-state index in [0.29, 0.717) is 29.4 Å². The molecular formula is C26H26BrN9O4. The third-order valence-electron chi connectivity index (χ3n) is 6.52. The molecule has 1 saturated heterocycles. The molecule has 1 amide bonds. The molecule has 0 spiro atoms. The number of hydrazone groups is 1. The first kappa shape index (κ1) is 27.1. The average Bonchev–Trinajstić information content (AvgIpc) is 3.57. The maximum absolute atomic E-state index is 13.2. The van der Waals surface area contributed by atoms with E-state index in [1.165, 1.54) is 10.9 Å². The summed E-state index contributed by atoms with van der Waals surface area (Å²) in [4.78, 5) is 28.0. The van der Waals surface area contributed by atoms with Gasteiger partial charge >= 0.3 is 5.97 Å². The highest BCUT2D eigenvalue weighted by atomic mass is 79.9. The van der Waals surface area contributed by atoms with Gasteiger partial charge in [-0.2, -0.15) is 9.78 Å². The normalized spacial score (nSPS) is 15.8. The number of esters is 1. The monoisotopic (exact) mass is 607 g/mol. The molecule has 206 valence electrons. The molecular weight excluding hydrogens is 582 g/mol. The van der Waals surface area contributed by atoms with Crippen molar-refractivity contribution in [1.29, 1.82) is 0 Å². The third kappa shape index (κ3) is 6.07. The molecule has 1 unspecified atom stereocenters. The van der Waals surface area contributed by atoms with Gasteiger partial charge < -0.3 is 10.5 Å². The molecule has 4 aromatic rings. The summed E-state index contributed by atoms with van der Waals surface area (Å²) >= 11 is 3.41. The van der Waals surface area contributed by atoms with Crippen molar-refractivity contribution in [2.24, 2.45) is 5.10 Å². The summed E-state index contributed by atoms with van der Waals surface area (Å²) in [6, 6.07) is 14.0. The van der Waals surface area contributed by atoms with Crippen LogP contribution in [0.2, 0.25) is 0 Å². The van der Waals surface area contributed by atoms with Crippen LogP contribution in [0, 0.1) is 0 Å². The lowest BCUT2D eigenvalue weighted by molar-refractivity contribution is 0.0734. The van der Waals surface area contributed by atoms with Crippen LogP contribution in [0.1, 0.15) is 58.3 Å². The van der Waals surface area contributed by atoms with Gasteiger partial charge in [-0.05, 0) is 67.0 Å². The number of nitrogens with zero attached hydrogens (tertiary/aromatic N) is 7. The highest BCUT2D eigenvalue weighted by molar-refractivity contribution is 9.10. The molecule has 3 N–H and O–H groups in total. The van der Waals surface area contributed by atoms with Gasteiger partial charge in [0.25, 0.3) is 5.91 Å². The second-order valence-corrected chi connectivity index (χ2v) is 10.1. The SMILES string of the molecule is CC1CCCCN1Cc1c(C(=O)N/N=C\c2cc(Br)ccc2OC(=O)c2ccccc2)nnn1-c1nonc1N. The molecule has 2 aromatic heterocycles. The van der Waals surface area contributed by atoms with Gasteiger partial charge in [0.2, 0.25) is 11.6 Å². The van der Waals surface area contributed by atoms with Crippen LogP contribution in [0.25, 0.3) is 5.82 Å². The number of nitrogen functional groups attached to an aromatic ring is 1. The van der Waals surface area contributed by atoms with Gasteiger partial charge in [-0.1, -0.05) is 45.8 Å². The highest BCUT2D eigenvalue weighted by Gasteiger charge is 2.28. The number of nitrogens with two attached hydrogens (primary N) is 1. The first-order chi connectivity index (χ1) is 19.4. The molecule has 14 heteroatoms. The quantitative estimate of drug-likeness (QED) is 0.131. The fraction of sp³-hybridized carbons (Fsp3) is 0.269. The van der Waals surface area contributed by atoms with Gasteiger partial charge in [-0.3, -0.25) is 9.69 Å². The molecule has 40 heavy (non-hydrogen) atoms. The van der Waals surface area contributed by atoms with Gasteiger partial charge in [0, 0.05) is 22.6 Å². The molecule has 1 aliphatic heterocycles. The van der Waals surface area contributed by atoms with E-state index in [2.05, 4.69) is 58.9 Å². The maximum atomic E-state index is 13.2. The van der Waals surface area contributed by atoms with Crippen LogP contribution in [0.15, 0.2) is 62.7 Å². The van der Waals surface area contributed by atoms with Crippen molar-refractivity contribution in [2.45, 2.75) is 38.8 Å². The molecule has 2 aromatic carbocycles. The molecule has 13 nitrogen and oxygen atoms in total. The summed E-state index contributed by atoms with van der Waals surface area (Å²) in [7, 11) is 0. The third-order valence-corrected chi connectivity index (χ3v) is 7.01. The lowest BCUT2D eigenvalue weighted by Gasteiger charge is -2.33. The molecule has 0 radical (unpaired) electrons. The average molecular weight is 608 g/mol. The molecule has 1 aliphatic rings. The minimum atomic E-state index is -0.588. The second kappa shape index (κ2) is 12.2. The van der Waals surface area contributed by atoms with Gasteiger partial charge in [0.15, 0.2) is 5.69 Å². The zero-order valence-corrected chi connectivity index (χ0v) is 23.1. The van der Waals surface area contributed by atoms with Crippen molar-refractivity contribution < 1.29 is 19.0 Å². The number of carbonyl (C=O) groups excluding carboxylic acids is 2. The zero-order valence-electron chi connectivity index (χ0n) is 21.5. The predicted octanol–water partition coefficient (Wildman–Crippen LogP) is 3.35. The Kier molecular flexibility index (Phi) is 8.26. The van der Waals surface area contributed by atoms with Crippen LogP contribution in [-0.4, -0.2) is 60.9 Å². The number of nitrogens with one attached hydrogen (secondary N) is 1. The zero-order chi connectivity index (χ0) is 28.1. The second-order valence-electron chi connectivity index (χ2n) is 9.22. The minimum Gasteiger partial charge on any atom is -0.422 e. The van der Waals surface area contributed by atoms with E-state index >= 15 is 0 Å². The number of anilines is 1. The van der Waals surface area contributed by atoms with Crippen LogP contribution in [0.4, 0.5) is 5.82 Å². The lowest BCUT2D eigenvalue weighted by atomic mass is 10.0. The predicted molar refractivity (Wildman–Crippen MR) is 148 cm³/mol. The fourth-order valence-electron chi connectivity index (χ4n) is 4.37. The van der Waals surface area contributed by atoms with Crippen molar-refractivity contribution in [3.63, 3.8) is 0 Å². The van der Waals surface area contributed by atoms with Crippen molar-refractivity contribution >= 4 is 39.8 Å². The van der Waals surface area contributed by atoms with E-state index in [0.717, 1.165) is 30.3 Å². The smallest absolute Gasteiger partial charge is 0.343 e. The number of likely N-dealkylation sites (tertiary alicyclic amines) is 1. The van der Waals surface area contributed by atoms with E-state index in [1.807, 2.05) is 6.07 Å². The van der Waals surface area contributed by atoms with E-state index < -0.39 is 11.9 Å². The van der Waals surface area contributed by atoms with Crippen LogP contribution in [0.5, 0.6) is 5.75 Å². The number of aromatic nitrogens is 5. The van der Waals surface area contributed by atoms with Crippen molar-refractivity contribution in [2.75, 3.05) is 12.3 Å². The van der Waals surface area contributed by atoms with Gasteiger partial charge in [0.05, 0.1) is 17.5 Å². The molecule has 0 aliphatic carbocycles.